The van der Waals surface area contributed by atoms with Crippen LogP contribution in [-0.2, 0) is 16.4 Å². The zero-order valence-corrected chi connectivity index (χ0v) is 26.6. The molecule has 0 spiro atoms. The van der Waals surface area contributed by atoms with Gasteiger partial charge in [-0.05, 0) is 88.4 Å². The zero-order valence-electron chi connectivity index (χ0n) is 25.0. The molecule has 0 aliphatic carbocycles. The molecule has 3 aromatic rings. The van der Waals surface area contributed by atoms with Gasteiger partial charge in [-0.3, -0.25) is 4.90 Å². The molecule has 228 valence electrons. The van der Waals surface area contributed by atoms with Crippen LogP contribution in [0.2, 0.25) is 0 Å². The average Bonchev–Trinajstić information content (AvgIpc) is 3.69. The van der Waals surface area contributed by atoms with E-state index in [9.17, 15) is 12.8 Å². The molecular weight excluding hydrogens is 572 g/mol. The summed E-state index contributed by atoms with van der Waals surface area (Å²) < 4.78 is 45.1. The highest BCUT2D eigenvalue weighted by atomic mass is 32.2. The number of piperazine rings is 1. The minimum Gasteiger partial charge on any atom is -0.345 e. The Hall–Kier alpha value is -2.34. The van der Waals surface area contributed by atoms with E-state index in [0.29, 0.717) is 29.1 Å². The number of rotatable bonds is 8. The lowest BCUT2D eigenvalue weighted by Gasteiger charge is -2.45. The molecule has 4 atom stereocenters. The number of sulfonamides is 1. The summed E-state index contributed by atoms with van der Waals surface area (Å²) >= 11 is 1.33. The van der Waals surface area contributed by atoms with E-state index in [-0.39, 0.29) is 17.4 Å². The van der Waals surface area contributed by atoms with Crippen LogP contribution in [0.4, 0.5) is 9.52 Å². The summed E-state index contributed by atoms with van der Waals surface area (Å²) in [4.78, 5) is 13.9. The number of hydrogen-bond acceptors (Lipinski definition) is 7. The summed E-state index contributed by atoms with van der Waals surface area (Å²) in [6.45, 7) is 11.8. The Balaban J connectivity index is 1.08. The zero-order chi connectivity index (χ0) is 29.5. The molecule has 3 fully saturated rings. The Kier molecular flexibility index (Phi) is 8.48. The Morgan fingerprint density at radius 3 is 2.67 bits per heavy atom. The van der Waals surface area contributed by atoms with Crippen molar-refractivity contribution < 1.29 is 12.8 Å². The number of imidazole rings is 1. The van der Waals surface area contributed by atoms with Crippen LogP contribution in [-0.4, -0.2) is 77.0 Å². The summed E-state index contributed by atoms with van der Waals surface area (Å²) in [5, 5.41) is 0.828. The van der Waals surface area contributed by atoms with Crippen molar-refractivity contribution in [1.29, 1.82) is 0 Å². The first-order valence-corrected chi connectivity index (χ1v) is 17.6. The standard InChI is InChI=1S/C31H43FN6O2S2/c1-23(18-28-19-33-22-38(28)24(2)26-7-9-27(32)10-8-26)25-6-4-14-37(15-11-25)42(39,40)29-20-34-30(41-29)35-16-17-36-13-5-12-31(36,3)21-35/h7-10,19-20,22-25H,4-6,11-18,21H2,1-3H3. The van der Waals surface area contributed by atoms with Crippen molar-refractivity contribution in [2.45, 2.75) is 75.1 Å². The van der Waals surface area contributed by atoms with Crippen molar-refractivity contribution in [3.8, 4) is 0 Å². The highest BCUT2D eigenvalue weighted by Gasteiger charge is 2.42. The molecule has 3 aliphatic heterocycles. The van der Waals surface area contributed by atoms with E-state index in [0.717, 1.165) is 68.3 Å². The largest absolute Gasteiger partial charge is 0.345 e. The summed E-state index contributed by atoms with van der Waals surface area (Å²) in [5.74, 6) is 0.576. The predicted octanol–water partition coefficient (Wildman–Crippen LogP) is 5.43. The number of hydrogen-bond donors (Lipinski definition) is 0. The Morgan fingerprint density at radius 1 is 1.05 bits per heavy atom. The second-order valence-corrected chi connectivity index (χ2v) is 15.9. The van der Waals surface area contributed by atoms with Crippen LogP contribution >= 0.6 is 11.3 Å². The first-order valence-electron chi connectivity index (χ1n) is 15.4. The van der Waals surface area contributed by atoms with Gasteiger partial charge in [-0.25, -0.2) is 22.8 Å². The monoisotopic (exact) mass is 614 g/mol. The molecule has 0 N–H and O–H groups in total. The molecule has 0 amide bonds. The van der Waals surface area contributed by atoms with Crippen LogP contribution in [0.25, 0.3) is 0 Å². The van der Waals surface area contributed by atoms with Gasteiger partial charge in [0.25, 0.3) is 10.0 Å². The van der Waals surface area contributed by atoms with Crippen LogP contribution in [0.3, 0.4) is 0 Å². The topological polar surface area (TPSA) is 74.6 Å². The molecule has 0 radical (unpaired) electrons. The third-order valence-corrected chi connectivity index (χ3v) is 13.4. The maximum absolute atomic E-state index is 13.7. The van der Waals surface area contributed by atoms with Gasteiger partial charge in [0.2, 0.25) is 0 Å². The number of nitrogens with zero attached hydrogens (tertiary/aromatic N) is 6. The normalized spacial score (nSPS) is 25.7. The fourth-order valence-corrected chi connectivity index (χ4v) is 10.1. The average molecular weight is 615 g/mol. The molecule has 6 rings (SSSR count). The van der Waals surface area contributed by atoms with Crippen molar-refractivity contribution in [3.63, 3.8) is 0 Å². The third kappa shape index (κ3) is 5.89. The van der Waals surface area contributed by atoms with Gasteiger partial charge < -0.3 is 9.47 Å². The van der Waals surface area contributed by atoms with E-state index >= 15 is 0 Å². The second kappa shape index (κ2) is 12.0. The van der Waals surface area contributed by atoms with E-state index in [1.165, 1.54) is 36.3 Å². The maximum Gasteiger partial charge on any atom is 0.254 e. The SMILES string of the molecule is CC(Cc1cncn1C(C)c1ccc(F)cc1)C1CCCN(S(=O)(=O)c2cnc(N3CCN4CCCC4(C)C3)s2)CC1. The van der Waals surface area contributed by atoms with Crippen molar-refractivity contribution in [2.75, 3.05) is 44.2 Å². The fraction of sp³-hybridized carbons (Fsp3) is 0.613. The van der Waals surface area contributed by atoms with Gasteiger partial charge in [0, 0.05) is 50.2 Å². The molecule has 0 saturated carbocycles. The summed E-state index contributed by atoms with van der Waals surface area (Å²) in [5.41, 5.74) is 2.35. The summed E-state index contributed by atoms with van der Waals surface area (Å²) in [7, 11) is -3.58. The maximum atomic E-state index is 13.7. The molecule has 42 heavy (non-hydrogen) atoms. The lowest BCUT2D eigenvalue weighted by atomic mass is 9.85. The van der Waals surface area contributed by atoms with Crippen LogP contribution in [0.5, 0.6) is 0 Å². The van der Waals surface area contributed by atoms with Gasteiger partial charge in [-0.2, -0.15) is 4.31 Å². The lowest BCUT2D eigenvalue weighted by molar-refractivity contribution is 0.138. The fourth-order valence-electron chi connectivity index (χ4n) is 7.32. The molecular formula is C31H43FN6O2S2. The minimum absolute atomic E-state index is 0.0549. The van der Waals surface area contributed by atoms with Crippen LogP contribution < -0.4 is 4.90 Å². The van der Waals surface area contributed by atoms with Gasteiger partial charge in [-0.1, -0.05) is 30.4 Å². The Bertz CT molecular complexity index is 1470. The minimum atomic E-state index is -3.58. The van der Waals surface area contributed by atoms with E-state index in [1.807, 2.05) is 24.7 Å². The second-order valence-electron chi connectivity index (χ2n) is 12.8. The predicted molar refractivity (Wildman–Crippen MR) is 165 cm³/mol. The van der Waals surface area contributed by atoms with Crippen molar-refractivity contribution in [2.24, 2.45) is 11.8 Å². The molecule has 5 heterocycles. The van der Waals surface area contributed by atoms with Crippen LogP contribution in [0.1, 0.15) is 70.2 Å². The highest BCUT2D eigenvalue weighted by molar-refractivity contribution is 7.91. The number of anilines is 1. The van der Waals surface area contributed by atoms with Crippen LogP contribution in [0, 0.1) is 17.7 Å². The molecule has 11 heteroatoms. The van der Waals surface area contributed by atoms with Gasteiger partial charge in [-0.15, -0.1) is 0 Å². The lowest BCUT2D eigenvalue weighted by Crippen LogP contribution is -2.57. The molecule has 0 bridgehead atoms. The van der Waals surface area contributed by atoms with Gasteiger partial charge in [0.1, 0.15) is 5.82 Å². The van der Waals surface area contributed by atoms with Gasteiger partial charge in [0.05, 0.1) is 18.6 Å². The summed E-state index contributed by atoms with van der Waals surface area (Å²) in [6.07, 6.45) is 11.3. The first kappa shape index (κ1) is 29.7. The number of benzene rings is 1. The van der Waals surface area contributed by atoms with Gasteiger partial charge >= 0.3 is 0 Å². The smallest absolute Gasteiger partial charge is 0.254 e. The number of fused-ring (bicyclic) bond motifs is 1. The quantitative estimate of drug-likeness (QED) is 0.337. The summed E-state index contributed by atoms with van der Waals surface area (Å²) in [6, 6.07) is 6.71. The Morgan fingerprint density at radius 2 is 1.86 bits per heavy atom. The van der Waals surface area contributed by atoms with E-state index < -0.39 is 10.0 Å². The number of thiazole rings is 1. The molecule has 3 aliphatic rings. The van der Waals surface area contributed by atoms with Crippen molar-refractivity contribution in [1.82, 2.24) is 23.7 Å². The third-order valence-electron chi connectivity index (χ3n) is 10.00. The molecule has 8 nitrogen and oxygen atoms in total. The molecule has 2 aromatic heterocycles. The van der Waals surface area contributed by atoms with Crippen LogP contribution in [0.15, 0.2) is 47.2 Å². The molecule has 1 aromatic carbocycles. The Labute approximate surface area is 253 Å². The highest BCUT2D eigenvalue weighted by Crippen LogP contribution is 2.37. The van der Waals surface area contributed by atoms with E-state index in [4.69, 9.17) is 0 Å². The number of aromatic nitrogens is 3. The van der Waals surface area contributed by atoms with Crippen molar-refractivity contribution in [3.05, 3.63) is 60.1 Å². The molecule has 4 unspecified atom stereocenters. The van der Waals surface area contributed by atoms with Crippen molar-refractivity contribution >= 4 is 26.5 Å². The number of halogens is 1. The molecule has 3 saturated heterocycles. The van der Waals surface area contributed by atoms with E-state index in [1.54, 1.807) is 10.5 Å². The first-order chi connectivity index (χ1) is 20.1. The van der Waals surface area contributed by atoms with E-state index in [2.05, 4.69) is 45.1 Å². The van der Waals surface area contributed by atoms with Gasteiger partial charge in [0.15, 0.2) is 9.34 Å².